The average Bonchev–Trinajstić information content (AvgIpc) is 3.22. The van der Waals surface area contributed by atoms with Gasteiger partial charge < -0.3 is 21.5 Å². The molecular formula is C19H20F6N4O4S2. The summed E-state index contributed by atoms with van der Waals surface area (Å²) in [6.07, 6.45) is -10.2. The third kappa shape index (κ3) is 4.79. The molecule has 2 aromatic rings. The van der Waals surface area contributed by atoms with Crippen molar-refractivity contribution < 1.29 is 44.7 Å². The number of benzene rings is 1. The molecule has 2 atom stereocenters. The van der Waals surface area contributed by atoms with Gasteiger partial charge in [-0.1, -0.05) is 0 Å². The van der Waals surface area contributed by atoms with E-state index in [-0.39, 0.29) is 42.3 Å². The summed E-state index contributed by atoms with van der Waals surface area (Å²) in [6.45, 7) is 0.844. The first-order chi connectivity index (χ1) is 15.9. The van der Waals surface area contributed by atoms with Crippen molar-refractivity contribution in [3.8, 4) is 0 Å². The van der Waals surface area contributed by atoms with Crippen molar-refractivity contribution in [2.24, 2.45) is 5.73 Å². The maximum absolute atomic E-state index is 13.5. The number of nitrogens with zero attached hydrogens (tertiary/aromatic N) is 2. The van der Waals surface area contributed by atoms with Crippen molar-refractivity contribution in [3.05, 3.63) is 40.8 Å². The molecule has 0 saturated carbocycles. The molecule has 5 N–H and O–H groups in total. The molecule has 194 valence electrons. The van der Waals surface area contributed by atoms with Crippen molar-refractivity contribution >= 4 is 38.6 Å². The van der Waals surface area contributed by atoms with Gasteiger partial charge in [0.05, 0.1) is 10.4 Å². The number of primary amides is 1. The van der Waals surface area contributed by atoms with Crippen LogP contribution >= 0.6 is 11.3 Å². The Morgan fingerprint density at radius 3 is 2.26 bits per heavy atom. The normalized spacial score (nSPS) is 20.0. The fraction of sp³-hybridized carbons (Fsp3) is 0.421. The molecule has 0 spiro atoms. The van der Waals surface area contributed by atoms with Crippen LogP contribution in [-0.2, 0) is 26.6 Å². The van der Waals surface area contributed by atoms with Crippen LogP contribution in [0.2, 0.25) is 0 Å². The maximum Gasteiger partial charge on any atom is 0.431 e. The molecule has 1 fully saturated rings. The van der Waals surface area contributed by atoms with E-state index in [0.717, 1.165) is 16.4 Å². The molecule has 1 aromatic carbocycles. The molecule has 2 heterocycles. The molecule has 0 radical (unpaired) electrons. The Bertz CT molecular complexity index is 1230. The third-order valence-corrected chi connectivity index (χ3v) is 9.18. The summed E-state index contributed by atoms with van der Waals surface area (Å²) < 4.78 is 107. The summed E-state index contributed by atoms with van der Waals surface area (Å²) in [5.74, 6) is -2.12. The highest BCUT2D eigenvalue weighted by molar-refractivity contribution is 7.91. The first-order valence-electron chi connectivity index (χ1n) is 9.83. The molecule has 1 aliphatic heterocycles. The number of carbonyl (C=O) groups excluding carboxylic acids is 1. The van der Waals surface area contributed by atoms with Crippen LogP contribution in [0.4, 0.5) is 37.7 Å². The monoisotopic (exact) mass is 546 g/mol. The van der Waals surface area contributed by atoms with Gasteiger partial charge in [-0.3, -0.25) is 4.79 Å². The van der Waals surface area contributed by atoms with Gasteiger partial charge in [0.2, 0.25) is 0 Å². The van der Waals surface area contributed by atoms with Crippen molar-refractivity contribution in [3.63, 3.8) is 0 Å². The Hall–Kier alpha value is -2.56. The molecule has 1 amide bonds. The lowest BCUT2D eigenvalue weighted by atomic mass is 10.0. The van der Waals surface area contributed by atoms with Crippen molar-refractivity contribution in [2.45, 2.75) is 35.1 Å². The Balaban J connectivity index is 1.89. The van der Waals surface area contributed by atoms with E-state index in [1.807, 2.05) is 0 Å². The number of thiophene rings is 1. The first kappa shape index (κ1) is 27.0. The predicted octanol–water partition coefficient (Wildman–Crippen LogP) is 2.48. The molecule has 3 rings (SSSR count). The number of piperazine rings is 1. The summed E-state index contributed by atoms with van der Waals surface area (Å²) in [6, 6.07) is 3.80. The molecule has 0 aliphatic carbocycles. The molecule has 8 nitrogen and oxygen atoms in total. The maximum atomic E-state index is 13.5. The first-order valence-corrected chi connectivity index (χ1v) is 12.1. The van der Waals surface area contributed by atoms with E-state index in [2.05, 4.69) is 0 Å². The van der Waals surface area contributed by atoms with E-state index < -0.39 is 54.6 Å². The van der Waals surface area contributed by atoms with Crippen LogP contribution < -0.4 is 16.4 Å². The van der Waals surface area contributed by atoms with Crippen LogP contribution in [0.1, 0.15) is 17.4 Å². The molecular weight excluding hydrogens is 526 g/mol. The lowest BCUT2D eigenvalue weighted by Crippen LogP contribution is -2.54. The zero-order valence-corrected chi connectivity index (χ0v) is 19.5. The Kier molecular flexibility index (Phi) is 6.82. The van der Waals surface area contributed by atoms with Gasteiger partial charge in [-0.05, 0) is 37.3 Å². The van der Waals surface area contributed by atoms with E-state index in [1.165, 1.54) is 24.0 Å². The van der Waals surface area contributed by atoms with Crippen LogP contribution in [0.25, 0.3) is 0 Å². The van der Waals surface area contributed by atoms with Gasteiger partial charge in [0, 0.05) is 37.1 Å². The molecule has 1 aromatic heterocycles. The smallest absolute Gasteiger partial charge is 0.399 e. The predicted molar refractivity (Wildman–Crippen MR) is 115 cm³/mol. The summed E-state index contributed by atoms with van der Waals surface area (Å²) in [7, 11) is -4.42. The SMILES string of the molecule is C[C@@H]1CN(c2ccc(N)cc2C(F)(F)F)CCN1S(=O)(=O)c1ccc(C(O)(C(N)=O)C(F)(F)F)s1. The number of anilines is 2. The number of nitrogens with two attached hydrogens (primary N) is 2. The number of halogens is 6. The standard InChI is InChI=1S/C19H20F6N4O4S2/c1-10-9-28(13-3-2-11(26)8-12(13)18(20,21)22)6-7-29(10)35(32,33)15-5-4-14(34-15)17(31,16(27)30)19(23,24)25/h2-5,8,10,31H,6-7,9,26H2,1H3,(H2,27,30)/t10-,17?/m1/s1. The molecule has 1 unspecified atom stereocenters. The lowest BCUT2D eigenvalue weighted by molar-refractivity contribution is -0.254. The van der Waals surface area contributed by atoms with Gasteiger partial charge in [-0.15, -0.1) is 11.3 Å². The zero-order valence-electron chi connectivity index (χ0n) is 17.9. The fourth-order valence-electron chi connectivity index (χ4n) is 3.74. The van der Waals surface area contributed by atoms with Gasteiger partial charge in [-0.25, -0.2) is 8.42 Å². The number of sulfonamides is 1. The minimum atomic E-state index is -5.50. The number of alkyl halides is 6. The molecule has 1 aliphatic rings. The van der Waals surface area contributed by atoms with Gasteiger partial charge in [0.15, 0.2) is 0 Å². The Morgan fingerprint density at radius 2 is 1.74 bits per heavy atom. The topological polar surface area (TPSA) is 130 Å². The second kappa shape index (κ2) is 8.83. The molecule has 0 bridgehead atoms. The highest BCUT2D eigenvalue weighted by atomic mass is 32.2. The average molecular weight is 547 g/mol. The lowest BCUT2D eigenvalue weighted by Gasteiger charge is -2.40. The second-order valence-electron chi connectivity index (χ2n) is 7.88. The highest BCUT2D eigenvalue weighted by Crippen LogP contribution is 2.43. The molecule has 16 heteroatoms. The zero-order chi connectivity index (χ0) is 26.6. The van der Waals surface area contributed by atoms with E-state index in [4.69, 9.17) is 11.5 Å². The van der Waals surface area contributed by atoms with Crippen LogP contribution in [-0.4, -0.2) is 55.6 Å². The van der Waals surface area contributed by atoms with Crippen molar-refractivity contribution in [1.82, 2.24) is 4.31 Å². The fourth-order valence-corrected chi connectivity index (χ4v) is 6.91. The number of hydrogen-bond acceptors (Lipinski definition) is 7. The van der Waals surface area contributed by atoms with Crippen LogP contribution in [0.5, 0.6) is 0 Å². The number of amides is 1. The van der Waals surface area contributed by atoms with Gasteiger partial charge in [-0.2, -0.15) is 30.6 Å². The minimum Gasteiger partial charge on any atom is -0.399 e. The van der Waals surface area contributed by atoms with Crippen molar-refractivity contribution in [1.29, 1.82) is 0 Å². The quantitative estimate of drug-likeness (QED) is 0.390. The van der Waals surface area contributed by atoms with Gasteiger partial charge in [0.1, 0.15) is 4.21 Å². The number of nitrogen functional groups attached to an aromatic ring is 1. The Morgan fingerprint density at radius 1 is 1.11 bits per heavy atom. The number of rotatable bonds is 5. The molecule has 1 saturated heterocycles. The Labute approximate surface area is 199 Å². The van der Waals surface area contributed by atoms with E-state index in [0.29, 0.717) is 6.07 Å². The van der Waals surface area contributed by atoms with E-state index >= 15 is 0 Å². The third-order valence-electron chi connectivity index (χ3n) is 5.50. The summed E-state index contributed by atoms with van der Waals surface area (Å²) in [4.78, 5) is 11.7. The molecule has 35 heavy (non-hydrogen) atoms. The van der Waals surface area contributed by atoms with Gasteiger partial charge >= 0.3 is 12.4 Å². The highest BCUT2D eigenvalue weighted by Gasteiger charge is 2.61. The summed E-state index contributed by atoms with van der Waals surface area (Å²) in [5, 5.41) is 9.90. The van der Waals surface area contributed by atoms with Gasteiger partial charge in [0.25, 0.3) is 21.5 Å². The van der Waals surface area contributed by atoms with Crippen LogP contribution in [0, 0.1) is 0 Å². The van der Waals surface area contributed by atoms with Crippen LogP contribution in [0.15, 0.2) is 34.5 Å². The van der Waals surface area contributed by atoms with Crippen molar-refractivity contribution in [2.75, 3.05) is 30.3 Å². The number of hydrogen-bond donors (Lipinski definition) is 3. The minimum absolute atomic E-state index is 0.0255. The summed E-state index contributed by atoms with van der Waals surface area (Å²) in [5.41, 5.74) is 4.86. The largest absolute Gasteiger partial charge is 0.431 e. The second-order valence-corrected chi connectivity index (χ2v) is 11.1. The van der Waals surface area contributed by atoms with Crippen LogP contribution in [0.3, 0.4) is 0 Å². The number of aliphatic hydroxyl groups is 1. The number of carbonyl (C=O) groups is 1. The summed E-state index contributed by atoms with van der Waals surface area (Å²) >= 11 is 0.0255. The van der Waals surface area contributed by atoms with E-state index in [9.17, 15) is 44.7 Å². The van der Waals surface area contributed by atoms with E-state index in [1.54, 1.807) is 0 Å².